The smallest absolute Gasteiger partial charge is 0.274 e. The van der Waals surface area contributed by atoms with E-state index in [2.05, 4.69) is 20.1 Å². The summed E-state index contributed by atoms with van der Waals surface area (Å²) in [5.74, 6) is -0.919. The van der Waals surface area contributed by atoms with Crippen LogP contribution in [-0.2, 0) is 13.1 Å². The topological polar surface area (TPSA) is 86.0 Å². The Hall–Kier alpha value is -3.36. The van der Waals surface area contributed by atoms with E-state index in [-0.39, 0.29) is 24.0 Å². The summed E-state index contributed by atoms with van der Waals surface area (Å²) >= 11 is 0. The van der Waals surface area contributed by atoms with Gasteiger partial charge in [0.2, 0.25) is 0 Å². The van der Waals surface area contributed by atoms with Gasteiger partial charge in [0.25, 0.3) is 11.8 Å². The lowest BCUT2D eigenvalue weighted by Gasteiger charge is -2.24. The molecule has 1 unspecified atom stereocenters. The lowest BCUT2D eigenvalue weighted by atomic mass is 10.3. The Morgan fingerprint density at radius 1 is 1.19 bits per heavy atom. The van der Waals surface area contributed by atoms with Gasteiger partial charge in [0.15, 0.2) is 5.82 Å². The number of aromatic nitrogens is 5. The van der Waals surface area contributed by atoms with Crippen LogP contribution in [0.2, 0.25) is 0 Å². The highest BCUT2D eigenvalue weighted by atomic mass is 19.1. The Morgan fingerprint density at radius 2 is 2.07 bits per heavy atom. The standard InChI is InChI=1S/C18H17FN6O2/c1-12-7-22-16(8-21-12)18(26)24-9-13-4-6-23-25(13)11-14(10-24)27-17-15(19)3-2-5-20-17/h2-8,14H,9-11H2,1H3. The van der Waals surface area contributed by atoms with E-state index in [4.69, 9.17) is 4.74 Å². The molecule has 0 saturated carbocycles. The second kappa shape index (κ2) is 7.10. The summed E-state index contributed by atoms with van der Waals surface area (Å²) in [6, 6.07) is 4.61. The molecule has 3 aromatic heterocycles. The molecule has 1 aliphatic rings. The number of ether oxygens (including phenoxy) is 1. The highest BCUT2D eigenvalue weighted by molar-refractivity contribution is 5.92. The van der Waals surface area contributed by atoms with Crippen LogP contribution in [-0.4, -0.2) is 48.2 Å². The molecule has 3 aromatic rings. The molecule has 0 spiro atoms. The number of carbonyl (C=O) groups is 1. The van der Waals surface area contributed by atoms with Gasteiger partial charge in [-0.2, -0.15) is 5.10 Å². The van der Waals surface area contributed by atoms with Crippen LogP contribution < -0.4 is 4.74 Å². The number of carbonyl (C=O) groups excluding carboxylic acids is 1. The van der Waals surface area contributed by atoms with Crippen molar-refractivity contribution in [2.45, 2.75) is 26.1 Å². The number of nitrogens with zero attached hydrogens (tertiary/aromatic N) is 6. The second-order valence-corrected chi connectivity index (χ2v) is 6.26. The summed E-state index contributed by atoms with van der Waals surface area (Å²) in [5.41, 5.74) is 1.83. The first-order chi connectivity index (χ1) is 13.1. The molecule has 1 aliphatic heterocycles. The van der Waals surface area contributed by atoms with E-state index in [9.17, 15) is 9.18 Å². The molecule has 138 valence electrons. The summed E-state index contributed by atoms with van der Waals surface area (Å²) in [7, 11) is 0. The van der Waals surface area contributed by atoms with E-state index in [1.807, 2.05) is 6.07 Å². The van der Waals surface area contributed by atoms with Crippen LogP contribution in [0.5, 0.6) is 5.88 Å². The molecule has 0 aliphatic carbocycles. The van der Waals surface area contributed by atoms with Crippen molar-refractivity contribution in [3.05, 3.63) is 65.9 Å². The van der Waals surface area contributed by atoms with Crippen LogP contribution in [0.25, 0.3) is 0 Å². The third-order valence-corrected chi connectivity index (χ3v) is 4.25. The fraction of sp³-hybridized carbons (Fsp3) is 0.278. The Bertz CT molecular complexity index is 958. The van der Waals surface area contributed by atoms with Gasteiger partial charge in [-0.15, -0.1) is 0 Å². The van der Waals surface area contributed by atoms with Gasteiger partial charge in [-0.1, -0.05) is 0 Å². The zero-order valence-corrected chi connectivity index (χ0v) is 14.6. The molecule has 0 aromatic carbocycles. The normalized spacial score (nSPS) is 16.5. The third kappa shape index (κ3) is 3.62. The van der Waals surface area contributed by atoms with Crippen LogP contribution in [0.3, 0.4) is 0 Å². The Balaban J connectivity index is 1.61. The number of hydrogen-bond acceptors (Lipinski definition) is 6. The van der Waals surface area contributed by atoms with Gasteiger partial charge in [0.05, 0.1) is 37.2 Å². The summed E-state index contributed by atoms with van der Waals surface area (Å²) < 4.78 is 21.4. The van der Waals surface area contributed by atoms with Gasteiger partial charge in [0, 0.05) is 18.6 Å². The molecule has 27 heavy (non-hydrogen) atoms. The minimum Gasteiger partial charge on any atom is -0.468 e. The zero-order valence-electron chi connectivity index (χ0n) is 14.6. The number of fused-ring (bicyclic) bond motifs is 1. The van der Waals surface area contributed by atoms with Gasteiger partial charge < -0.3 is 9.64 Å². The van der Waals surface area contributed by atoms with Crippen LogP contribution in [0.15, 0.2) is 43.0 Å². The average molecular weight is 368 g/mol. The molecular weight excluding hydrogens is 351 g/mol. The lowest BCUT2D eigenvalue weighted by Crippen LogP contribution is -2.39. The molecule has 0 N–H and O–H groups in total. The first-order valence-electron chi connectivity index (χ1n) is 8.46. The number of hydrogen-bond donors (Lipinski definition) is 0. The Labute approximate surface area is 154 Å². The van der Waals surface area contributed by atoms with Crippen molar-refractivity contribution >= 4 is 5.91 Å². The number of amides is 1. The van der Waals surface area contributed by atoms with Crippen LogP contribution in [0.4, 0.5) is 4.39 Å². The zero-order chi connectivity index (χ0) is 18.8. The quantitative estimate of drug-likeness (QED) is 0.698. The first-order valence-corrected chi connectivity index (χ1v) is 8.46. The Morgan fingerprint density at radius 3 is 2.85 bits per heavy atom. The van der Waals surface area contributed by atoms with Gasteiger partial charge in [0.1, 0.15) is 11.8 Å². The van der Waals surface area contributed by atoms with Crippen molar-refractivity contribution in [3.63, 3.8) is 0 Å². The highest BCUT2D eigenvalue weighted by Crippen LogP contribution is 2.19. The van der Waals surface area contributed by atoms with Crippen LogP contribution >= 0.6 is 0 Å². The number of rotatable bonds is 3. The van der Waals surface area contributed by atoms with Crippen molar-refractivity contribution in [1.82, 2.24) is 29.6 Å². The molecule has 1 amide bonds. The predicted octanol–water partition coefficient (Wildman–Crippen LogP) is 1.62. The third-order valence-electron chi connectivity index (χ3n) is 4.25. The van der Waals surface area contributed by atoms with E-state index >= 15 is 0 Å². The highest BCUT2D eigenvalue weighted by Gasteiger charge is 2.29. The van der Waals surface area contributed by atoms with Crippen molar-refractivity contribution in [1.29, 1.82) is 0 Å². The predicted molar refractivity (Wildman–Crippen MR) is 92.3 cm³/mol. The molecule has 8 nitrogen and oxygen atoms in total. The lowest BCUT2D eigenvalue weighted by molar-refractivity contribution is 0.0632. The van der Waals surface area contributed by atoms with E-state index < -0.39 is 11.9 Å². The molecule has 0 saturated heterocycles. The molecule has 1 atom stereocenters. The summed E-state index contributed by atoms with van der Waals surface area (Å²) in [6.07, 6.45) is 5.60. The number of aryl methyl sites for hydroxylation is 1. The van der Waals surface area contributed by atoms with Gasteiger partial charge in [-0.05, 0) is 25.1 Å². The molecule has 0 radical (unpaired) electrons. The maximum atomic E-state index is 13.9. The molecule has 4 rings (SSSR count). The van der Waals surface area contributed by atoms with E-state index in [1.54, 1.807) is 28.9 Å². The number of pyridine rings is 1. The van der Waals surface area contributed by atoms with E-state index in [0.717, 1.165) is 11.4 Å². The largest absolute Gasteiger partial charge is 0.468 e. The summed E-state index contributed by atoms with van der Waals surface area (Å²) in [5, 5.41) is 4.27. The number of halogens is 1. The second-order valence-electron chi connectivity index (χ2n) is 6.26. The minimum absolute atomic E-state index is 0.0966. The molecule has 0 fully saturated rings. The molecule has 9 heteroatoms. The van der Waals surface area contributed by atoms with Crippen molar-refractivity contribution in [2.24, 2.45) is 0 Å². The summed E-state index contributed by atoms with van der Waals surface area (Å²) in [4.78, 5) is 26.7. The van der Waals surface area contributed by atoms with Gasteiger partial charge >= 0.3 is 0 Å². The van der Waals surface area contributed by atoms with Crippen LogP contribution in [0, 0.1) is 12.7 Å². The minimum atomic E-state index is -0.551. The van der Waals surface area contributed by atoms with Crippen molar-refractivity contribution < 1.29 is 13.9 Å². The monoisotopic (exact) mass is 368 g/mol. The SMILES string of the molecule is Cc1cnc(C(=O)N2Cc3ccnn3CC(Oc3ncccc3F)C2)cn1. The average Bonchev–Trinajstić information content (AvgIpc) is 3.02. The van der Waals surface area contributed by atoms with Crippen molar-refractivity contribution in [3.8, 4) is 5.88 Å². The molecule has 4 heterocycles. The Kier molecular flexibility index (Phi) is 4.49. The summed E-state index contributed by atoms with van der Waals surface area (Å²) in [6.45, 7) is 2.77. The molecular formula is C18H17FN6O2. The fourth-order valence-electron chi connectivity index (χ4n) is 2.93. The van der Waals surface area contributed by atoms with Gasteiger partial charge in [-0.25, -0.2) is 14.4 Å². The van der Waals surface area contributed by atoms with E-state index in [1.165, 1.54) is 24.5 Å². The maximum Gasteiger partial charge on any atom is 0.274 e. The molecule has 0 bridgehead atoms. The maximum absolute atomic E-state index is 13.9. The van der Waals surface area contributed by atoms with Gasteiger partial charge in [-0.3, -0.25) is 14.5 Å². The van der Waals surface area contributed by atoms with Crippen LogP contribution in [0.1, 0.15) is 21.9 Å². The van der Waals surface area contributed by atoms with Crippen molar-refractivity contribution in [2.75, 3.05) is 6.54 Å². The fourth-order valence-corrected chi connectivity index (χ4v) is 2.93. The first kappa shape index (κ1) is 17.1. The van der Waals surface area contributed by atoms with E-state index in [0.29, 0.717) is 13.1 Å².